The number of nitrogens with one attached hydrogen (secondary N) is 2. The van der Waals surface area contributed by atoms with Crippen molar-refractivity contribution in [3.8, 4) is 0 Å². The number of pyridine rings is 1. The number of hydrogen-bond donors (Lipinski definition) is 2. The van der Waals surface area contributed by atoms with Gasteiger partial charge in [-0.05, 0) is 38.5 Å². The Morgan fingerprint density at radius 2 is 2.05 bits per heavy atom. The zero-order valence-corrected chi connectivity index (χ0v) is 11.8. The molecule has 0 unspecified atom stereocenters. The van der Waals surface area contributed by atoms with Crippen LogP contribution in [0, 0.1) is 13.8 Å². The summed E-state index contributed by atoms with van der Waals surface area (Å²) in [7, 11) is 0. The van der Waals surface area contributed by atoms with Gasteiger partial charge in [0.05, 0.1) is 11.7 Å². The van der Waals surface area contributed by atoms with E-state index in [0.717, 1.165) is 22.6 Å². The van der Waals surface area contributed by atoms with Gasteiger partial charge in [-0.25, -0.2) is 4.79 Å². The van der Waals surface area contributed by atoms with Crippen molar-refractivity contribution in [3.63, 3.8) is 0 Å². The zero-order chi connectivity index (χ0) is 14.5. The summed E-state index contributed by atoms with van der Waals surface area (Å²) in [6.07, 6.45) is 3.41. The van der Waals surface area contributed by atoms with Crippen molar-refractivity contribution < 1.29 is 9.32 Å². The maximum Gasteiger partial charge on any atom is 0.315 e. The third-order valence-corrected chi connectivity index (χ3v) is 3.16. The Kier molecular flexibility index (Phi) is 4.34. The van der Waals surface area contributed by atoms with Gasteiger partial charge >= 0.3 is 6.03 Å². The van der Waals surface area contributed by atoms with Gasteiger partial charge in [0.25, 0.3) is 0 Å². The summed E-state index contributed by atoms with van der Waals surface area (Å²) in [5.74, 6) is 0.727. The first kappa shape index (κ1) is 14.0. The second kappa shape index (κ2) is 6.18. The van der Waals surface area contributed by atoms with Crippen LogP contribution in [0.2, 0.25) is 0 Å². The zero-order valence-electron chi connectivity index (χ0n) is 11.8. The van der Waals surface area contributed by atoms with Crippen LogP contribution in [-0.2, 0) is 6.54 Å². The van der Waals surface area contributed by atoms with Crippen molar-refractivity contribution in [3.05, 3.63) is 47.1 Å². The highest BCUT2D eigenvalue weighted by atomic mass is 16.5. The summed E-state index contributed by atoms with van der Waals surface area (Å²) in [5, 5.41) is 9.52. The van der Waals surface area contributed by atoms with Gasteiger partial charge < -0.3 is 15.2 Å². The highest BCUT2D eigenvalue weighted by Gasteiger charge is 2.12. The van der Waals surface area contributed by atoms with Crippen LogP contribution in [0.25, 0.3) is 0 Å². The number of rotatable bonds is 4. The molecule has 2 heterocycles. The summed E-state index contributed by atoms with van der Waals surface area (Å²) < 4.78 is 5.05. The molecule has 0 aliphatic carbocycles. The number of aromatic nitrogens is 2. The second-order valence-electron chi connectivity index (χ2n) is 4.63. The number of nitrogens with zero attached hydrogens (tertiary/aromatic N) is 2. The topological polar surface area (TPSA) is 80.0 Å². The van der Waals surface area contributed by atoms with E-state index in [1.54, 1.807) is 12.4 Å². The molecule has 2 N–H and O–H groups in total. The van der Waals surface area contributed by atoms with Gasteiger partial charge in [0, 0.05) is 24.5 Å². The van der Waals surface area contributed by atoms with Gasteiger partial charge in [0.2, 0.25) is 0 Å². The molecule has 0 spiro atoms. The van der Waals surface area contributed by atoms with Gasteiger partial charge in [0.15, 0.2) is 0 Å². The Bertz CT molecular complexity index is 561. The van der Waals surface area contributed by atoms with E-state index in [1.807, 2.05) is 32.9 Å². The molecule has 106 valence electrons. The van der Waals surface area contributed by atoms with E-state index >= 15 is 0 Å². The van der Waals surface area contributed by atoms with Crippen molar-refractivity contribution in [2.24, 2.45) is 0 Å². The minimum Gasteiger partial charge on any atom is -0.361 e. The van der Waals surface area contributed by atoms with Crippen LogP contribution >= 0.6 is 0 Å². The second-order valence-corrected chi connectivity index (χ2v) is 4.63. The SMILES string of the molecule is Cc1noc(C)c1CNC(=O)N[C@@H](C)c1ccncc1. The lowest BCUT2D eigenvalue weighted by Gasteiger charge is -2.14. The highest BCUT2D eigenvalue weighted by Crippen LogP contribution is 2.12. The summed E-state index contributed by atoms with van der Waals surface area (Å²) in [6, 6.07) is 3.44. The lowest BCUT2D eigenvalue weighted by atomic mass is 10.1. The highest BCUT2D eigenvalue weighted by molar-refractivity contribution is 5.74. The molecule has 0 aliphatic rings. The van der Waals surface area contributed by atoms with Gasteiger partial charge in [-0.3, -0.25) is 4.98 Å². The van der Waals surface area contributed by atoms with Gasteiger partial charge in [-0.1, -0.05) is 5.16 Å². The number of hydrogen-bond acceptors (Lipinski definition) is 4. The normalized spacial score (nSPS) is 11.9. The molecule has 2 aromatic rings. The first-order valence-corrected chi connectivity index (χ1v) is 6.44. The molecule has 0 radical (unpaired) electrons. The van der Waals surface area contributed by atoms with Crippen LogP contribution in [0.4, 0.5) is 4.79 Å². The molecule has 6 heteroatoms. The number of carbonyl (C=O) groups is 1. The molecular weight excluding hydrogens is 256 g/mol. The smallest absolute Gasteiger partial charge is 0.315 e. The Labute approximate surface area is 117 Å². The Morgan fingerprint density at radius 3 is 2.65 bits per heavy atom. The minimum absolute atomic E-state index is 0.0809. The van der Waals surface area contributed by atoms with E-state index in [-0.39, 0.29) is 12.1 Å². The van der Waals surface area contributed by atoms with Crippen molar-refractivity contribution in [1.29, 1.82) is 0 Å². The van der Waals surface area contributed by atoms with Crippen molar-refractivity contribution >= 4 is 6.03 Å². The van der Waals surface area contributed by atoms with Crippen LogP contribution < -0.4 is 10.6 Å². The van der Waals surface area contributed by atoms with Gasteiger partial charge in [0.1, 0.15) is 5.76 Å². The monoisotopic (exact) mass is 274 g/mol. The lowest BCUT2D eigenvalue weighted by Crippen LogP contribution is -2.36. The predicted octanol–water partition coefficient (Wildman–Crippen LogP) is 2.25. The number of amides is 2. The van der Waals surface area contributed by atoms with E-state index in [1.165, 1.54) is 0 Å². The average molecular weight is 274 g/mol. The molecular formula is C14H18N4O2. The first-order chi connectivity index (χ1) is 9.58. The molecule has 20 heavy (non-hydrogen) atoms. The van der Waals surface area contributed by atoms with Gasteiger partial charge in [-0.2, -0.15) is 0 Å². The van der Waals surface area contributed by atoms with Crippen molar-refractivity contribution in [1.82, 2.24) is 20.8 Å². The summed E-state index contributed by atoms with van der Waals surface area (Å²) in [4.78, 5) is 15.8. The standard InChI is InChI=1S/C14H18N4O2/c1-9(12-4-6-15-7-5-12)17-14(19)16-8-13-10(2)18-20-11(13)3/h4-7,9H,8H2,1-3H3,(H2,16,17,19)/t9-/m0/s1. The Morgan fingerprint density at radius 1 is 1.35 bits per heavy atom. The number of aryl methyl sites for hydroxylation is 2. The molecule has 0 aromatic carbocycles. The first-order valence-electron chi connectivity index (χ1n) is 6.44. The third kappa shape index (κ3) is 3.34. The van der Waals surface area contributed by atoms with Crippen LogP contribution in [0.5, 0.6) is 0 Å². The molecule has 0 aliphatic heterocycles. The van der Waals surface area contributed by atoms with Crippen LogP contribution in [0.3, 0.4) is 0 Å². The fraction of sp³-hybridized carbons (Fsp3) is 0.357. The quantitative estimate of drug-likeness (QED) is 0.896. The van der Waals surface area contributed by atoms with Crippen LogP contribution in [-0.4, -0.2) is 16.2 Å². The van der Waals surface area contributed by atoms with E-state index in [2.05, 4.69) is 20.8 Å². The summed E-state index contributed by atoms with van der Waals surface area (Å²) in [5.41, 5.74) is 2.72. The molecule has 0 fully saturated rings. The van der Waals surface area contributed by atoms with Crippen LogP contribution in [0.15, 0.2) is 29.0 Å². The predicted molar refractivity (Wildman–Crippen MR) is 74.0 cm³/mol. The summed E-state index contributed by atoms with van der Waals surface area (Å²) >= 11 is 0. The van der Waals surface area contributed by atoms with Crippen molar-refractivity contribution in [2.45, 2.75) is 33.4 Å². The Balaban J connectivity index is 1.87. The third-order valence-electron chi connectivity index (χ3n) is 3.16. The van der Waals surface area contributed by atoms with E-state index in [0.29, 0.717) is 6.54 Å². The minimum atomic E-state index is -0.227. The van der Waals surface area contributed by atoms with Gasteiger partial charge in [-0.15, -0.1) is 0 Å². The largest absolute Gasteiger partial charge is 0.361 e. The van der Waals surface area contributed by atoms with E-state index in [4.69, 9.17) is 4.52 Å². The molecule has 6 nitrogen and oxygen atoms in total. The van der Waals surface area contributed by atoms with E-state index < -0.39 is 0 Å². The van der Waals surface area contributed by atoms with E-state index in [9.17, 15) is 4.79 Å². The van der Waals surface area contributed by atoms with Crippen molar-refractivity contribution in [2.75, 3.05) is 0 Å². The number of carbonyl (C=O) groups excluding carboxylic acids is 1. The molecule has 0 saturated carbocycles. The molecule has 0 bridgehead atoms. The fourth-order valence-corrected chi connectivity index (χ4v) is 1.91. The molecule has 1 atom stereocenters. The molecule has 2 aromatic heterocycles. The lowest BCUT2D eigenvalue weighted by molar-refractivity contribution is 0.237. The molecule has 2 amide bonds. The fourth-order valence-electron chi connectivity index (χ4n) is 1.91. The molecule has 0 saturated heterocycles. The maximum absolute atomic E-state index is 11.9. The molecule has 2 rings (SSSR count). The summed E-state index contributed by atoms with van der Waals surface area (Å²) in [6.45, 7) is 6.00. The number of urea groups is 1. The van der Waals surface area contributed by atoms with Crippen LogP contribution in [0.1, 0.15) is 35.5 Å². The average Bonchev–Trinajstić information content (AvgIpc) is 2.77. The maximum atomic E-state index is 11.9. The Hall–Kier alpha value is -2.37.